The minimum atomic E-state index is -0.851. The molecule has 21 heavy (non-hydrogen) atoms. The summed E-state index contributed by atoms with van der Waals surface area (Å²) in [7, 11) is 0. The van der Waals surface area contributed by atoms with Gasteiger partial charge >= 0.3 is 5.97 Å². The van der Waals surface area contributed by atoms with E-state index < -0.39 is 11.9 Å². The van der Waals surface area contributed by atoms with Crippen molar-refractivity contribution in [3.63, 3.8) is 0 Å². The number of nitrogens with one attached hydrogen (secondary N) is 2. The lowest BCUT2D eigenvalue weighted by molar-refractivity contribution is -0.141. The maximum atomic E-state index is 12.3. The van der Waals surface area contributed by atoms with E-state index in [4.69, 9.17) is 5.11 Å². The first-order chi connectivity index (χ1) is 10.1. The first-order valence-electron chi connectivity index (χ1n) is 7.46. The van der Waals surface area contributed by atoms with E-state index in [2.05, 4.69) is 10.6 Å². The van der Waals surface area contributed by atoms with Crippen LogP contribution in [0.3, 0.4) is 0 Å². The summed E-state index contributed by atoms with van der Waals surface area (Å²) in [4.78, 5) is 23.4. The van der Waals surface area contributed by atoms with Crippen LogP contribution in [-0.4, -0.2) is 30.1 Å². The van der Waals surface area contributed by atoms with Crippen LogP contribution in [0.25, 0.3) is 0 Å². The van der Waals surface area contributed by atoms with E-state index in [9.17, 15) is 9.59 Å². The summed E-state index contributed by atoms with van der Waals surface area (Å²) in [5, 5.41) is 15.2. The lowest BCUT2D eigenvalue weighted by Gasteiger charge is -2.20. The predicted octanol–water partition coefficient (Wildman–Crippen LogP) is 1.56. The third-order valence-corrected chi connectivity index (χ3v) is 3.88. The van der Waals surface area contributed by atoms with Gasteiger partial charge in [-0.3, -0.25) is 9.59 Å². The first-order valence-corrected chi connectivity index (χ1v) is 7.46. The quantitative estimate of drug-likeness (QED) is 0.743. The zero-order chi connectivity index (χ0) is 15.2. The Balaban J connectivity index is 2.05. The standard InChI is InChI=1S/C16H22N2O3/c1-2-4-12(16(20)21)10-18-15(19)14-6-3-5-11-9-17-8-7-13(11)14/h3,5-6,12,17H,2,4,7-10H2,1H3,(H,18,19)(H,20,21). The highest BCUT2D eigenvalue weighted by atomic mass is 16.4. The summed E-state index contributed by atoms with van der Waals surface area (Å²) < 4.78 is 0. The molecule has 5 nitrogen and oxygen atoms in total. The SMILES string of the molecule is CCCC(CNC(=O)c1cccc2c1CCNC2)C(=O)O. The van der Waals surface area contributed by atoms with Crippen LogP contribution in [0.1, 0.15) is 41.3 Å². The van der Waals surface area contributed by atoms with Crippen molar-refractivity contribution in [2.45, 2.75) is 32.7 Å². The van der Waals surface area contributed by atoms with E-state index in [1.54, 1.807) is 0 Å². The Morgan fingerprint density at radius 3 is 2.95 bits per heavy atom. The van der Waals surface area contributed by atoms with E-state index in [0.29, 0.717) is 12.0 Å². The molecule has 1 atom stereocenters. The summed E-state index contributed by atoms with van der Waals surface area (Å²) >= 11 is 0. The van der Waals surface area contributed by atoms with Gasteiger partial charge < -0.3 is 15.7 Å². The van der Waals surface area contributed by atoms with Crippen molar-refractivity contribution in [2.75, 3.05) is 13.1 Å². The normalized spacial score (nSPS) is 15.1. The fourth-order valence-electron chi connectivity index (χ4n) is 2.72. The second-order valence-electron chi connectivity index (χ2n) is 5.40. The van der Waals surface area contributed by atoms with Crippen LogP contribution in [0.4, 0.5) is 0 Å². The molecule has 1 heterocycles. The van der Waals surface area contributed by atoms with E-state index in [-0.39, 0.29) is 12.5 Å². The first kappa shape index (κ1) is 15.5. The Kier molecular flexibility index (Phi) is 5.33. The van der Waals surface area contributed by atoms with Gasteiger partial charge in [0.2, 0.25) is 0 Å². The monoisotopic (exact) mass is 290 g/mol. The van der Waals surface area contributed by atoms with Crippen molar-refractivity contribution < 1.29 is 14.7 Å². The Hall–Kier alpha value is -1.88. The number of rotatable bonds is 6. The highest BCUT2D eigenvalue weighted by Gasteiger charge is 2.20. The summed E-state index contributed by atoms with van der Waals surface area (Å²) in [6.07, 6.45) is 2.20. The van der Waals surface area contributed by atoms with Crippen LogP contribution in [0.15, 0.2) is 18.2 Å². The van der Waals surface area contributed by atoms with E-state index in [0.717, 1.165) is 37.1 Å². The minimum Gasteiger partial charge on any atom is -0.481 e. The number of carbonyl (C=O) groups excluding carboxylic acids is 1. The Morgan fingerprint density at radius 2 is 2.24 bits per heavy atom. The van der Waals surface area contributed by atoms with E-state index >= 15 is 0 Å². The van der Waals surface area contributed by atoms with Crippen molar-refractivity contribution in [1.29, 1.82) is 0 Å². The number of carboxylic acids is 1. The van der Waals surface area contributed by atoms with Gasteiger partial charge in [0.25, 0.3) is 5.91 Å². The van der Waals surface area contributed by atoms with Gasteiger partial charge in [0.1, 0.15) is 0 Å². The van der Waals surface area contributed by atoms with Crippen molar-refractivity contribution >= 4 is 11.9 Å². The van der Waals surface area contributed by atoms with Gasteiger partial charge in [-0.05, 0) is 36.6 Å². The van der Waals surface area contributed by atoms with Gasteiger partial charge in [-0.15, -0.1) is 0 Å². The van der Waals surface area contributed by atoms with Gasteiger partial charge in [0.05, 0.1) is 5.92 Å². The third kappa shape index (κ3) is 3.82. The highest BCUT2D eigenvalue weighted by molar-refractivity contribution is 5.96. The number of carboxylic acid groups (broad SMARTS) is 1. The Morgan fingerprint density at radius 1 is 1.43 bits per heavy atom. The van der Waals surface area contributed by atoms with Crippen LogP contribution in [0, 0.1) is 5.92 Å². The summed E-state index contributed by atoms with van der Waals surface area (Å²) in [5.74, 6) is -1.53. The van der Waals surface area contributed by atoms with Gasteiger partial charge in [0.15, 0.2) is 0 Å². The molecule has 3 N–H and O–H groups in total. The summed E-state index contributed by atoms with van der Waals surface area (Å²) in [6.45, 7) is 3.77. The number of benzene rings is 1. The molecule has 0 bridgehead atoms. The van der Waals surface area contributed by atoms with Crippen LogP contribution in [-0.2, 0) is 17.8 Å². The average molecular weight is 290 g/mol. The largest absolute Gasteiger partial charge is 0.481 e. The number of fused-ring (bicyclic) bond motifs is 1. The number of amides is 1. The molecular weight excluding hydrogens is 268 g/mol. The predicted molar refractivity (Wildman–Crippen MR) is 80.2 cm³/mol. The highest BCUT2D eigenvalue weighted by Crippen LogP contribution is 2.18. The maximum Gasteiger partial charge on any atom is 0.308 e. The summed E-state index contributed by atoms with van der Waals surface area (Å²) in [6, 6.07) is 5.71. The fraction of sp³-hybridized carbons (Fsp3) is 0.500. The van der Waals surface area contributed by atoms with E-state index in [1.165, 1.54) is 0 Å². The Labute approximate surface area is 124 Å². The molecule has 5 heteroatoms. The number of hydrogen-bond donors (Lipinski definition) is 3. The van der Waals surface area contributed by atoms with Crippen LogP contribution in [0.2, 0.25) is 0 Å². The molecule has 114 valence electrons. The molecule has 0 fully saturated rings. The minimum absolute atomic E-state index is 0.170. The van der Waals surface area contributed by atoms with Crippen molar-refractivity contribution in [3.05, 3.63) is 34.9 Å². The molecule has 0 radical (unpaired) electrons. The molecule has 0 aliphatic carbocycles. The van der Waals surface area contributed by atoms with E-state index in [1.807, 2.05) is 25.1 Å². The second-order valence-corrected chi connectivity index (χ2v) is 5.40. The topological polar surface area (TPSA) is 78.4 Å². The molecule has 1 aromatic carbocycles. The molecule has 1 aliphatic heterocycles. The molecule has 1 unspecified atom stereocenters. The second kappa shape index (κ2) is 7.22. The van der Waals surface area contributed by atoms with Gasteiger partial charge in [-0.1, -0.05) is 25.5 Å². The molecule has 0 aromatic heterocycles. The average Bonchev–Trinajstić information content (AvgIpc) is 2.50. The van der Waals surface area contributed by atoms with Crippen molar-refractivity contribution in [3.8, 4) is 0 Å². The van der Waals surface area contributed by atoms with Crippen molar-refractivity contribution in [1.82, 2.24) is 10.6 Å². The molecule has 0 saturated heterocycles. The number of hydrogen-bond acceptors (Lipinski definition) is 3. The van der Waals surface area contributed by atoms with Gasteiger partial charge in [-0.25, -0.2) is 0 Å². The van der Waals surface area contributed by atoms with Crippen LogP contribution >= 0.6 is 0 Å². The van der Waals surface area contributed by atoms with Crippen LogP contribution in [0.5, 0.6) is 0 Å². The molecule has 1 amide bonds. The zero-order valence-electron chi connectivity index (χ0n) is 12.3. The lowest BCUT2D eigenvalue weighted by Crippen LogP contribution is -2.34. The number of carbonyl (C=O) groups is 2. The summed E-state index contributed by atoms with van der Waals surface area (Å²) in [5.41, 5.74) is 2.91. The van der Waals surface area contributed by atoms with Crippen LogP contribution < -0.4 is 10.6 Å². The smallest absolute Gasteiger partial charge is 0.308 e. The maximum absolute atomic E-state index is 12.3. The zero-order valence-corrected chi connectivity index (χ0v) is 12.3. The molecule has 0 spiro atoms. The molecular formula is C16H22N2O3. The molecule has 2 rings (SSSR count). The van der Waals surface area contributed by atoms with Crippen molar-refractivity contribution in [2.24, 2.45) is 5.92 Å². The fourth-order valence-corrected chi connectivity index (χ4v) is 2.72. The lowest BCUT2D eigenvalue weighted by atomic mass is 9.95. The Bertz CT molecular complexity index is 528. The third-order valence-electron chi connectivity index (χ3n) is 3.88. The number of aliphatic carboxylic acids is 1. The molecule has 1 aromatic rings. The molecule has 1 aliphatic rings. The molecule has 0 saturated carbocycles. The van der Waals surface area contributed by atoms with Gasteiger partial charge in [0, 0.05) is 18.7 Å². The van der Waals surface area contributed by atoms with Gasteiger partial charge in [-0.2, -0.15) is 0 Å².